The van der Waals surface area contributed by atoms with Crippen molar-refractivity contribution in [1.29, 1.82) is 0 Å². The Balaban J connectivity index is 2.02. The molecule has 84 valence electrons. The zero-order valence-corrected chi connectivity index (χ0v) is 10.2. The number of benzene rings is 1. The maximum Gasteiger partial charge on any atom is 0.276 e. The van der Waals surface area contributed by atoms with E-state index in [0.717, 1.165) is 11.3 Å². The van der Waals surface area contributed by atoms with Crippen molar-refractivity contribution in [3.05, 3.63) is 34.7 Å². The van der Waals surface area contributed by atoms with Crippen molar-refractivity contribution in [3.8, 4) is 0 Å². The zero-order valence-electron chi connectivity index (χ0n) is 8.61. The van der Waals surface area contributed by atoms with E-state index < -0.39 is 0 Å². The van der Waals surface area contributed by atoms with Crippen molar-refractivity contribution < 1.29 is 4.42 Å². The summed E-state index contributed by atoms with van der Waals surface area (Å²) >= 11 is 7.30. The third-order valence-corrected chi connectivity index (χ3v) is 3.16. The fourth-order valence-corrected chi connectivity index (χ4v) is 2.03. The second-order valence-electron chi connectivity index (χ2n) is 3.23. The largest absolute Gasteiger partial charge is 0.416 e. The Hall–Kier alpha value is -1.20. The molecule has 0 atom stereocenters. The first-order valence-corrected chi connectivity index (χ1v) is 5.98. The fourth-order valence-electron chi connectivity index (χ4n) is 1.16. The van der Waals surface area contributed by atoms with Crippen LogP contribution in [0, 0.1) is 6.92 Å². The SMILES string of the molecule is Cc1nnc(SCc2ccc(Cl)c(N)c2)o1. The van der Waals surface area contributed by atoms with E-state index in [1.54, 1.807) is 13.0 Å². The molecule has 16 heavy (non-hydrogen) atoms. The van der Waals surface area contributed by atoms with Crippen LogP contribution in [0.4, 0.5) is 5.69 Å². The minimum absolute atomic E-state index is 0.561. The molecule has 4 nitrogen and oxygen atoms in total. The molecule has 0 bridgehead atoms. The summed E-state index contributed by atoms with van der Waals surface area (Å²) in [6, 6.07) is 5.55. The summed E-state index contributed by atoms with van der Waals surface area (Å²) in [4.78, 5) is 0. The van der Waals surface area contributed by atoms with Gasteiger partial charge in [0.15, 0.2) is 0 Å². The molecule has 1 aromatic heterocycles. The topological polar surface area (TPSA) is 64.9 Å². The number of anilines is 1. The maximum absolute atomic E-state index is 5.83. The Morgan fingerprint density at radius 3 is 2.88 bits per heavy atom. The molecule has 6 heteroatoms. The van der Waals surface area contributed by atoms with Gasteiger partial charge >= 0.3 is 0 Å². The van der Waals surface area contributed by atoms with Crippen LogP contribution in [0.1, 0.15) is 11.5 Å². The Morgan fingerprint density at radius 1 is 1.44 bits per heavy atom. The van der Waals surface area contributed by atoms with Crippen molar-refractivity contribution in [2.45, 2.75) is 17.9 Å². The monoisotopic (exact) mass is 255 g/mol. The van der Waals surface area contributed by atoms with Crippen LogP contribution in [0.15, 0.2) is 27.8 Å². The van der Waals surface area contributed by atoms with Gasteiger partial charge in [-0.05, 0) is 17.7 Å². The van der Waals surface area contributed by atoms with Gasteiger partial charge in [0.25, 0.3) is 5.22 Å². The van der Waals surface area contributed by atoms with Crippen LogP contribution < -0.4 is 5.73 Å². The summed E-state index contributed by atoms with van der Waals surface area (Å²) in [5, 5.41) is 8.77. The molecule has 2 rings (SSSR count). The minimum Gasteiger partial charge on any atom is -0.416 e. The molecule has 2 N–H and O–H groups in total. The van der Waals surface area contributed by atoms with Crippen LogP contribution in [0.25, 0.3) is 0 Å². The number of rotatable bonds is 3. The first-order chi connectivity index (χ1) is 7.65. The number of hydrogen-bond donors (Lipinski definition) is 1. The quantitative estimate of drug-likeness (QED) is 0.675. The average molecular weight is 256 g/mol. The predicted octanol–water partition coefficient (Wildman–Crippen LogP) is 2.91. The van der Waals surface area contributed by atoms with Crippen LogP contribution >= 0.6 is 23.4 Å². The van der Waals surface area contributed by atoms with Crippen molar-refractivity contribution in [2.75, 3.05) is 5.73 Å². The van der Waals surface area contributed by atoms with E-state index >= 15 is 0 Å². The van der Waals surface area contributed by atoms with E-state index in [2.05, 4.69) is 10.2 Å². The van der Waals surface area contributed by atoms with Gasteiger partial charge < -0.3 is 10.2 Å². The number of aryl methyl sites for hydroxylation is 1. The lowest BCUT2D eigenvalue weighted by molar-refractivity contribution is 0.429. The van der Waals surface area contributed by atoms with E-state index in [0.29, 0.717) is 21.8 Å². The van der Waals surface area contributed by atoms with Crippen LogP contribution in [-0.4, -0.2) is 10.2 Å². The third kappa shape index (κ3) is 2.68. The first-order valence-electron chi connectivity index (χ1n) is 4.62. The summed E-state index contributed by atoms with van der Waals surface area (Å²) < 4.78 is 5.24. The van der Waals surface area contributed by atoms with Crippen molar-refractivity contribution in [3.63, 3.8) is 0 Å². The summed E-state index contributed by atoms with van der Waals surface area (Å²) in [6.07, 6.45) is 0. The molecule has 0 amide bonds. The summed E-state index contributed by atoms with van der Waals surface area (Å²) in [5.41, 5.74) is 7.36. The highest BCUT2D eigenvalue weighted by Crippen LogP contribution is 2.25. The van der Waals surface area contributed by atoms with Crippen molar-refractivity contribution >= 4 is 29.1 Å². The maximum atomic E-state index is 5.83. The second-order valence-corrected chi connectivity index (χ2v) is 4.57. The van der Waals surface area contributed by atoms with Crippen molar-refractivity contribution in [2.24, 2.45) is 0 Å². The van der Waals surface area contributed by atoms with Gasteiger partial charge in [-0.3, -0.25) is 0 Å². The zero-order chi connectivity index (χ0) is 11.5. The number of hydrogen-bond acceptors (Lipinski definition) is 5. The lowest BCUT2D eigenvalue weighted by Crippen LogP contribution is -1.88. The molecule has 0 fully saturated rings. The number of nitrogens with two attached hydrogens (primary N) is 1. The summed E-state index contributed by atoms with van der Waals surface area (Å²) in [5.74, 6) is 1.29. The Kier molecular flexibility index (Phi) is 3.36. The molecule has 0 spiro atoms. The van der Waals surface area contributed by atoms with Crippen LogP contribution in [-0.2, 0) is 5.75 Å². The highest BCUT2D eigenvalue weighted by atomic mass is 35.5. The molecular weight excluding hydrogens is 246 g/mol. The normalized spacial score (nSPS) is 10.6. The predicted molar refractivity (Wildman–Crippen MR) is 64.5 cm³/mol. The average Bonchev–Trinajstić information content (AvgIpc) is 2.66. The Morgan fingerprint density at radius 2 is 2.25 bits per heavy atom. The van der Waals surface area contributed by atoms with Gasteiger partial charge in [0.1, 0.15) is 0 Å². The summed E-state index contributed by atoms with van der Waals surface area (Å²) in [6.45, 7) is 1.76. The van der Waals surface area contributed by atoms with Gasteiger partial charge in [-0.1, -0.05) is 29.4 Å². The molecule has 1 aromatic carbocycles. The lowest BCUT2D eigenvalue weighted by atomic mass is 10.2. The van der Waals surface area contributed by atoms with Crippen molar-refractivity contribution in [1.82, 2.24) is 10.2 Å². The minimum atomic E-state index is 0.561. The number of nitrogens with zero attached hydrogens (tertiary/aromatic N) is 2. The lowest BCUT2D eigenvalue weighted by Gasteiger charge is -2.01. The number of halogens is 1. The van der Waals surface area contributed by atoms with E-state index in [-0.39, 0.29) is 0 Å². The number of nitrogen functional groups attached to an aromatic ring is 1. The molecule has 0 saturated heterocycles. The van der Waals surface area contributed by atoms with Gasteiger partial charge in [-0.25, -0.2) is 0 Å². The highest BCUT2D eigenvalue weighted by Gasteiger charge is 2.04. The van der Waals surface area contributed by atoms with Gasteiger partial charge in [0.2, 0.25) is 5.89 Å². The smallest absolute Gasteiger partial charge is 0.276 e. The van der Waals surface area contributed by atoms with E-state index in [1.165, 1.54) is 11.8 Å². The van der Waals surface area contributed by atoms with E-state index in [1.807, 2.05) is 12.1 Å². The molecule has 0 unspecified atom stereocenters. The first kappa shape index (κ1) is 11.3. The van der Waals surface area contributed by atoms with Gasteiger partial charge in [-0.15, -0.1) is 10.2 Å². The molecule has 0 saturated carbocycles. The highest BCUT2D eigenvalue weighted by molar-refractivity contribution is 7.98. The Bertz CT molecular complexity index is 501. The van der Waals surface area contributed by atoms with E-state index in [4.69, 9.17) is 21.8 Å². The molecule has 0 aliphatic heterocycles. The molecule has 0 aliphatic carbocycles. The van der Waals surface area contributed by atoms with Crippen LogP contribution in [0.3, 0.4) is 0 Å². The van der Waals surface area contributed by atoms with Gasteiger partial charge in [-0.2, -0.15) is 0 Å². The van der Waals surface area contributed by atoms with E-state index in [9.17, 15) is 0 Å². The molecule has 1 heterocycles. The fraction of sp³-hybridized carbons (Fsp3) is 0.200. The molecule has 2 aromatic rings. The molecule has 0 aliphatic rings. The molecular formula is C10H10ClN3OS. The van der Waals surface area contributed by atoms with Gasteiger partial charge in [0.05, 0.1) is 10.7 Å². The van der Waals surface area contributed by atoms with Crippen LogP contribution in [0.2, 0.25) is 5.02 Å². The van der Waals surface area contributed by atoms with Gasteiger partial charge in [0, 0.05) is 12.7 Å². The number of aromatic nitrogens is 2. The molecule has 0 radical (unpaired) electrons. The second kappa shape index (κ2) is 4.76. The standard InChI is InChI=1S/C10H10ClN3OS/c1-6-13-14-10(15-6)16-5-7-2-3-8(11)9(12)4-7/h2-4H,5,12H2,1H3. The van der Waals surface area contributed by atoms with Crippen LogP contribution in [0.5, 0.6) is 0 Å². The summed E-state index contributed by atoms with van der Waals surface area (Å²) in [7, 11) is 0. The number of thioether (sulfide) groups is 1. The Labute approximate surface area is 102 Å². The third-order valence-electron chi connectivity index (χ3n) is 1.93.